The minimum absolute atomic E-state index is 0.151. The monoisotopic (exact) mass is 359 g/mol. The van der Waals surface area contributed by atoms with Crippen LogP contribution in [0.3, 0.4) is 0 Å². The maximum absolute atomic E-state index is 13.8. The van der Waals surface area contributed by atoms with Crippen molar-refractivity contribution in [2.24, 2.45) is 5.92 Å². The molecule has 4 rings (SSSR count). The van der Waals surface area contributed by atoms with Crippen molar-refractivity contribution in [3.63, 3.8) is 0 Å². The Hall–Kier alpha value is -2.25. The second-order valence-corrected chi connectivity index (χ2v) is 7.06. The number of halogens is 1. The van der Waals surface area contributed by atoms with Crippen LogP contribution < -0.4 is 5.32 Å². The number of benzene rings is 1. The van der Waals surface area contributed by atoms with Crippen molar-refractivity contribution in [1.82, 2.24) is 15.4 Å². The van der Waals surface area contributed by atoms with E-state index in [1.54, 1.807) is 12.1 Å². The van der Waals surface area contributed by atoms with Crippen LogP contribution in [0.4, 0.5) is 4.39 Å². The molecule has 2 aromatic rings. The Balaban J connectivity index is 1.26. The molecule has 2 fully saturated rings. The van der Waals surface area contributed by atoms with Gasteiger partial charge in [-0.1, -0.05) is 23.4 Å². The molecule has 7 heteroatoms. The van der Waals surface area contributed by atoms with Crippen molar-refractivity contribution in [1.29, 1.82) is 0 Å². The molecule has 26 heavy (non-hydrogen) atoms. The molecule has 3 heterocycles. The number of rotatable bonds is 6. The molecule has 6 nitrogen and oxygen atoms in total. The average molecular weight is 359 g/mol. The fraction of sp³-hybridized carbons (Fsp3) is 0.474. The Morgan fingerprint density at radius 1 is 1.35 bits per heavy atom. The summed E-state index contributed by atoms with van der Waals surface area (Å²) in [6.45, 7) is 3.54. The zero-order valence-electron chi connectivity index (χ0n) is 14.5. The zero-order chi connectivity index (χ0) is 18.0. The van der Waals surface area contributed by atoms with E-state index in [0.29, 0.717) is 19.0 Å². The van der Waals surface area contributed by atoms with Gasteiger partial charge in [0.2, 0.25) is 5.76 Å². The third-order valence-electron chi connectivity index (χ3n) is 5.37. The van der Waals surface area contributed by atoms with Gasteiger partial charge in [-0.25, -0.2) is 4.39 Å². The van der Waals surface area contributed by atoms with Gasteiger partial charge in [-0.15, -0.1) is 0 Å². The summed E-state index contributed by atoms with van der Waals surface area (Å²) in [6.07, 6.45) is 3.30. The second kappa shape index (κ2) is 7.17. The van der Waals surface area contributed by atoms with Crippen LogP contribution in [-0.4, -0.2) is 47.8 Å². The minimum atomic E-state index is -0.245. The Morgan fingerprint density at radius 2 is 2.19 bits per heavy atom. The number of nitrogens with zero attached hydrogens (tertiary/aromatic N) is 2. The average Bonchev–Trinajstić information content (AvgIpc) is 3.26. The number of amides is 1. The fourth-order valence-corrected chi connectivity index (χ4v) is 4.01. The summed E-state index contributed by atoms with van der Waals surface area (Å²) in [5.74, 6) is 0.217. The standard InChI is InChI=1S/C19H22FN3O3/c20-16-4-2-1-3-14(16)11-23-12-19(13-23)15(7-10-25-19)5-8-21-18(24)17-6-9-22-26-17/h1-4,6,9,15H,5,7-8,10-13H2,(H,21,24)/t15-/m0/s1. The van der Waals surface area contributed by atoms with E-state index >= 15 is 0 Å². The van der Waals surface area contributed by atoms with Gasteiger partial charge in [0.05, 0.1) is 11.8 Å². The smallest absolute Gasteiger partial charge is 0.289 e. The lowest BCUT2D eigenvalue weighted by Crippen LogP contribution is -2.64. The summed E-state index contributed by atoms with van der Waals surface area (Å²) < 4.78 is 24.7. The summed E-state index contributed by atoms with van der Waals surface area (Å²) >= 11 is 0. The molecule has 2 aliphatic rings. The van der Waals surface area contributed by atoms with Gasteiger partial charge < -0.3 is 14.6 Å². The van der Waals surface area contributed by atoms with Crippen LogP contribution in [0.5, 0.6) is 0 Å². The number of carbonyl (C=O) groups excluding carboxylic acids is 1. The van der Waals surface area contributed by atoms with Crippen LogP contribution in [0.25, 0.3) is 0 Å². The molecule has 0 bridgehead atoms. The zero-order valence-corrected chi connectivity index (χ0v) is 14.5. The number of hydrogen-bond acceptors (Lipinski definition) is 5. The summed E-state index contributed by atoms with van der Waals surface area (Å²) in [6, 6.07) is 8.44. The third-order valence-corrected chi connectivity index (χ3v) is 5.37. The number of nitrogens with one attached hydrogen (secondary N) is 1. The summed E-state index contributed by atoms with van der Waals surface area (Å²) in [4.78, 5) is 14.1. The molecule has 1 N–H and O–H groups in total. The van der Waals surface area contributed by atoms with E-state index in [1.165, 1.54) is 12.3 Å². The first-order chi connectivity index (χ1) is 12.7. The predicted molar refractivity (Wildman–Crippen MR) is 91.9 cm³/mol. The van der Waals surface area contributed by atoms with Gasteiger partial charge in [0.15, 0.2) is 0 Å². The quantitative estimate of drug-likeness (QED) is 0.857. The van der Waals surface area contributed by atoms with E-state index in [2.05, 4.69) is 15.4 Å². The highest BCUT2D eigenvalue weighted by atomic mass is 19.1. The van der Waals surface area contributed by atoms with Crippen LogP contribution in [0.2, 0.25) is 0 Å². The van der Waals surface area contributed by atoms with Crippen molar-refractivity contribution in [3.8, 4) is 0 Å². The molecule has 0 aliphatic carbocycles. The van der Waals surface area contributed by atoms with Crippen molar-refractivity contribution >= 4 is 5.91 Å². The van der Waals surface area contributed by atoms with Crippen molar-refractivity contribution in [2.45, 2.75) is 25.0 Å². The molecule has 2 saturated heterocycles. The molecule has 1 aromatic heterocycles. The predicted octanol–water partition coefficient (Wildman–Crippen LogP) is 2.22. The molecule has 0 radical (unpaired) electrons. The van der Waals surface area contributed by atoms with E-state index in [0.717, 1.165) is 38.1 Å². The number of likely N-dealkylation sites (tertiary alicyclic amines) is 1. The lowest BCUT2D eigenvalue weighted by atomic mass is 9.78. The lowest BCUT2D eigenvalue weighted by Gasteiger charge is -2.50. The number of ether oxygens (including phenoxy) is 1. The Bertz CT molecular complexity index is 759. The van der Waals surface area contributed by atoms with E-state index in [1.807, 2.05) is 12.1 Å². The van der Waals surface area contributed by atoms with Crippen LogP contribution in [0, 0.1) is 11.7 Å². The SMILES string of the molecule is O=C(NCC[C@H]1CCOC12CN(Cc1ccccc1F)C2)c1ccno1. The van der Waals surface area contributed by atoms with Gasteiger partial charge in [0.1, 0.15) is 5.82 Å². The first-order valence-electron chi connectivity index (χ1n) is 8.95. The van der Waals surface area contributed by atoms with Gasteiger partial charge in [0.25, 0.3) is 5.91 Å². The molecule has 1 amide bonds. The first-order valence-corrected chi connectivity index (χ1v) is 8.95. The number of aromatic nitrogens is 1. The van der Waals surface area contributed by atoms with Gasteiger partial charge in [-0.2, -0.15) is 0 Å². The van der Waals surface area contributed by atoms with E-state index < -0.39 is 0 Å². The van der Waals surface area contributed by atoms with Crippen molar-refractivity contribution in [3.05, 3.63) is 53.7 Å². The molecular formula is C19H22FN3O3. The van der Waals surface area contributed by atoms with Gasteiger partial charge >= 0.3 is 0 Å². The van der Waals surface area contributed by atoms with E-state index in [4.69, 9.17) is 9.26 Å². The second-order valence-electron chi connectivity index (χ2n) is 7.06. The largest absolute Gasteiger partial charge is 0.372 e. The highest BCUT2D eigenvalue weighted by Crippen LogP contribution is 2.42. The maximum Gasteiger partial charge on any atom is 0.289 e. The normalized spacial score (nSPS) is 21.7. The summed E-state index contributed by atoms with van der Waals surface area (Å²) in [5, 5.41) is 6.40. The first kappa shape index (κ1) is 17.2. The van der Waals surface area contributed by atoms with Gasteiger partial charge in [-0.05, 0) is 24.8 Å². The maximum atomic E-state index is 13.8. The molecule has 0 saturated carbocycles. The third kappa shape index (κ3) is 3.37. The molecular weight excluding hydrogens is 337 g/mol. The molecule has 0 unspecified atom stereocenters. The molecule has 1 atom stereocenters. The molecule has 1 spiro atoms. The highest BCUT2D eigenvalue weighted by Gasteiger charge is 2.52. The highest BCUT2D eigenvalue weighted by molar-refractivity contribution is 5.91. The van der Waals surface area contributed by atoms with Crippen LogP contribution >= 0.6 is 0 Å². The summed E-state index contributed by atoms with van der Waals surface area (Å²) in [7, 11) is 0. The lowest BCUT2D eigenvalue weighted by molar-refractivity contribution is -0.137. The molecule has 2 aliphatic heterocycles. The van der Waals surface area contributed by atoms with Crippen LogP contribution in [-0.2, 0) is 11.3 Å². The van der Waals surface area contributed by atoms with Crippen molar-refractivity contribution < 1.29 is 18.4 Å². The van der Waals surface area contributed by atoms with E-state index in [9.17, 15) is 9.18 Å². The molecule has 138 valence electrons. The topological polar surface area (TPSA) is 67.6 Å². The Labute approximate surface area is 151 Å². The van der Waals surface area contributed by atoms with Crippen LogP contribution in [0.1, 0.15) is 29.0 Å². The summed E-state index contributed by atoms with van der Waals surface area (Å²) in [5.41, 5.74) is 0.568. The number of carbonyl (C=O) groups is 1. The van der Waals surface area contributed by atoms with E-state index in [-0.39, 0.29) is 23.1 Å². The number of hydrogen-bond donors (Lipinski definition) is 1. The Morgan fingerprint density at radius 3 is 2.96 bits per heavy atom. The molecule has 1 aromatic carbocycles. The Kier molecular flexibility index (Phi) is 4.74. The fourth-order valence-electron chi connectivity index (χ4n) is 4.01. The van der Waals surface area contributed by atoms with Crippen molar-refractivity contribution in [2.75, 3.05) is 26.2 Å². The van der Waals surface area contributed by atoms with Crippen LogP contribution in [0.15, 0.2) is 41.1 Å². The minimum Gasteiger partial charge on any atom is -0.372 e. The van der Waals surface area contributed by atoms with Gasteiger partial charge in [0, 0.05) is 44.4 Å². The van der Waals surface area contributed by atoms with Gasteiger partial charge in [-0.3, -0.25) is 9.69 Å².